The van der Waals surface area contributed by atoms with Crippen LogP contribution < -0.4 is 4.90 Å². The van der Waals surface area contributed by atoms with Crippen LogP contribution in [0.4, 0.5) is 5.69 Å². The molecule has 3 fully saturated rings. The SMILES string of the molecule is C=CCOC(=O)[C@@H]1[C@@H]2CCC3(O2)C(C(=O)N(CC=C)c2ccc4ccccc4c2)N(CCCO)C(=O)[C@H]13. The van der Waals surface area contributed by atoms with Gasteiger partial charge in [-0.1, -0.05) is 49.1 Å². The quantitative estimate of drug-likeness (QED) is 0.395. The minimum absolute atomic E-state index is 0.0433. The zero-order valence-corrected chi connectivity index (χ0v) is 20.8. The highest BCUT2D eigenvalue weighted by molar-refractivity contribution is 6.05. The molecule has 3 aliphatic heterocycles. The summed E-state index contributed by atoms with van der Waals surface area (Å²) in [5.41, 5.74) is -0.435. The van der Waals surface area contributed by atoms with E-state index in [0.717, 1.165) is 10.8 Å². The van der Waals surface area contributed by atoms with E-state index >= 15 is 0 Å². The van der Waals surface area contributed by atoms with Crippen molar-refractivity contribution in [2.75, 3.05) is 31.2 Å². The first-order chi connectivity index (χ1) is 18.0. The van der Waals surface area contributed by atoms with Crippen LogP contribution in [0.15, 0.2) is 67.8 Å². The monoisotopic (exact) mass is 504 g/mol. The molecule has 3 saturated heterocycles. The van der Waals surface area contributed by atoms with Crippen molar-refractivity contribution < 1.29 is 29.0 Å². The second-order valence-corrected chi connectivity index (χ2v) is 9.85. The molecule has 194 valence electrons. The lowest BCUT2D eigenvalue weighted by Crippen LogP contribution is -2.56. The number of esters is 1. The number of rotatable bonds is 10. The van der Waals surface area contributed by atoms with Crippen molar-refractivity contribution in [3.63, 3.8) is 0 Å². The van der Waals surface area contributed by atoms with Crippen LogP contribution in [0.2, 0.25) is 0 Å². The number of aliphatic hydroxyl groups excluding tert-OH is 1. The van der Waals surface area contributed by atoms with Crippen LogP contribution in [0, 0.1) is 11.8 Å². The highest BCUT2D eigenvalue weighted by Crippen LogP contribution is 2.59. The second kappa shape index (κ2) is 10.1. The van der Waals surface area contributed by atoms with Gasteiger partial charge in [0.1, 0.15) is 18.2 Å². The summed E-state index contributed by atoms with van der Waals surface area (Å²) in [6.07, 6.45) is 4.02. The molecule has 2 unspecified atom stereocenters. The Balaban J connectivity index is 1.54. The van der Waals surface area contributed by atoms with E-state index in [2.05, 4.69) is 13.2 Å². The summed E-state index contributed by atoms with van der Waals surface area (Å²) in [4.78, 5) is 44.3. The molecule has 2 bridgehead atoms. The fraction of sp³-hybridized carbons (Fsp3) is 0.414. The van der Waals surface area contributed by atoms with Crippen molar-refractivity contribution >= 4 is 34.2 Å². The van der Waals surface area contributed by atoms with Crippen LogP contribution in [-0.4, -0.2) is 71.8 Å². The fourth-order valence-electron chi connectivity index (χ4n) is 6.36. The summed E-state index contributed by atoms with van der Waals surface area (Å²) < 4.78 is 11.8. The topological polar surface area (TPSA) is 96.4 Å². The van der Waals surface area contributed by atoms with E-state index in [1.165, 1.54) is 11.0 Å². The van der Waals surface area contributed by atoms with Crippen molar-refractivity contribution in [3.8, 4) is 0 Å². The molecular formula is C29H32N2O6. The van der Waals surface area contributed by atoms with Crippen molar-refractivity contribution in [1.82, 2.24) is 4.90 Å². The minimum Gasteiger partial charge on any atom is -0.461 e. The van der Waals surface area contributed by atoms with E-state index in [-0.39, 0.29) is 38.1 Å². The Morgan fingerprint density at radius 3 is 2.70 bits per heavy atom. The molecule has 5 rings (SSSR count). The van der Waals surface area contributed by atoms with Gasteiger partial charge in [-0.3, -0.25) is 14.4 Å². The lowest BCUT2D eigenvalue weighted by molar-refractivity contribution is -0.154. The summed E-state index contributed by atoms with van der Waals surface area (Å²) in [6, 6.07) is 12.8. The number of hydrogen-bond acceptors (Lipinski definition) is 6. The number of likely N-dealkylation sites (tertiary alicyclic amines) is 1. The maximum atomic E-state index is 14.4. The third kappa shape index (κ3) is 4.04. The predicted molar refractivity (Wildman–Crippen MR) is 139 cm³/mol. The molecule has 1 N–H and O–H groups in total. The van der Waals surface area contributed by atoms with Crippen molar-refractivity contribution in [2.24, 2.45) is 11.8 Å². The number of ether oxygens (including phenoxy) is 2. The van der Waals surface area contributed by atoms with Crippen molar-refractivity contribution in [3.05, 3.63) is 67.8 Å². The molecule has 2 aromatic carbocycles. The summed E-state index contributed by atoms with van der Waals surface area (Å²) in [6.45, 7) is 7.78. The molecule has 8 heteroatoms. The number of fused-ring (bicyclic) bond motifs is 2. The third-order valence-corrected chi connectivity index (χ3v) is 7.83. The molecule has 0 radical (unpaired) electrons. The van der Waals surface area contributed by atoms with E-state index in [9.17, 15) is 19.5 Å². The van der Waals surface area contributed by atoms with Crippen LogP contribution in [0.3, 0.4) is 0 Å². The van der Waals surface area contributed by atoms with E-state index < -0.39 is 35.6 Å². The van der Waals surface area contributed by atoms with Crippen molar-refractivity contribution in [2.45, 2.75) is 37.0 Å². The number of anilines is 1. The van der Waals surface area contributed by atoms with Gasteiger partial charge in [-0.05, 0) is 42.2 Å². The molecule has 8 nitrogen and oxygen atoms in total. The molecule has 37 heavy (non-hydrogen) atoms. The molecule has 0 aromatic heterocycles. The third-order valence-electron chi connectivity index (χ3n) is 7.83. The Morgan fingerprint density at radius 2 is 1.97 bits per heavy atom. The first-order valence-electron chi connectivity index (χ1n) is 12.7. The van der Waals surface area contributed by atoms with E-state index in [4.69, 9.17) is 9.47 Å². The Kier molecular flexibility index (Phi) is 6.88. The van der Waals surface area contributed by atoms with Crippen LogP contribution in [-0.2, 0) is 23.9 Å². The molecule has 0 saturated carbocycles. The maximum absolute atomic E-state index is 14.4. The Bertz CT molecular complexity index is 1240. The van der Waals surface area contributed by atoms with Gasteiger partial charge in [-0.25, -0.2) is 0 Å². The number of aliphatic hydroxyl groups is 1. The molecule has 5 atom stereocenters. The summed E-state index contributed by atoms with van der Waals surface area (Å²) in [5.74, 6) is -2.67. The second-order valence-electron chi connectivity index (χ2n) is 9.85. The van der Waals surface area contributed by atoms with Crippen LogP contribution in [0.5, 0.6) is 0 Å². The number of nitrogens with zero attached hydrogens (tertiary/aromatic N) is 2. The van der Waals surface area contributed by atoms with Gasteiger partial charge < -0.3 is 24.4 Å². The standard InChI is InChI=1S/C29H32N2O6/c1-3-14-30(21-11-10-19-8-5-6-9-20(19)18-21)27(34)25-29-13-12-22(37-29)23(28(35)36-17-4-2)24(29)26(33)31(25)15-7-16-32/h3-6,8-11,18,22-25,32H,1-2,7,12-17H2/t22-,23+,24-,25?,29?/m0/s1. The summed E-state index contributed by atoms with van der Waals surface area (Å²) in [5, 5.41) is 11.6. The zero-order valence-electron chi connectivity index (χ0n) is 20.8. The van der Waals surface area contributed by atoms with Gasteiger partial charge in [-0.2, -0.15) is 0 Å². The van der Waals surface area contributed by atoms with E-state index in [1.807, 2.05) is 42.5 Å². The molecule has 3 heterocycles. The Labute approximate surface area is 216 Å². The van der Waals surface area contributed by atoms with Gasteiger partial charge in [0, 0.05) is 25.4 Å². The van der Waals surface area contributed by atoms with Gasteiger partial charge >= 0.3 is 5.97 Å². The number of hydrogen-bond donors (Lipinski definition) is 1. The largest absolute Gasteiger partial charge is 0.461 e. The Hall–Kier alpha value is -3.49. The van der Waals surface area contributed by atoms with Gasteiger partial charge in [0.2, 0.25) is 5.91 Å². The lowest BCUT2D eigenvalue weighted by Gasteiger charge is -2.36. The predicted octanol–water partition coefficient (Wildman–Crippen LogP) is 2.85. The van der Waals surface area contributed by atoms with Gasteiger partial charge in [0.25, 0.3) is 5.91 Å². The smallest absolute Gasteiger partial charge is 0.312 e. The normalized spacial score (nSPS) is 27.8. The number of benzene rings is 2. The van der Waals surface area contributed by atoms with Crippen molar-refractivity contribution in [1.29, 1.82) is 0 Å². The highest BCUT2D eigenvalue weighted by Gasteiger charge is 2.75. The van der Waals surface area contributed by atoms with Gasteiger partial charge in [0.05, 0.1) is 17.9 Å². The number of carbonyl (C=O) groups is 3. The summed E-state index contributed by atoms with van der Waals surface area (Å²) in [7, 11) is 0. The lowest BCUT2D eigenvalue weighted by atomic mass is 9.70. The van der Waals surface area contributed by atoms with Crippen LogP contribution in [0.25, 0.3) is 10.8 Å². The molecule has 1 spiro atoms. The average molecular weight is 505 g/mol. The van der Waals surface area contributed by atoms with E-state index in [1.54, 1.807) is 11.0 Å². The fourth-order valence-corrected chi connectivity index (χ4v) is 6.36. The minimum atomic E-state index is -1.12. The van der Waals surface area contributed by atoms with Crippen LogP contribution in [0.1, 0.15) is 19.3 Å². The molecule has 3 aliphatic rings. The zero-order chi connectivity index (χ0) is 26.2. The molecule has 0 aliphatic carbocycles. The first-order valence-corrected chi connectivity index (χ1v) is 12.7. The number of carbonyl (C=O) groups excluding carboxylic acids is 3. The first kappa shape index (κ1) is 25.2. The van der Waals surface area contributed by atoms with Crippen LogP contribution >= 0.6 is 0 Å². The summed E-state index contributed by atoms with van der Waals surface area (Å²) >= 11 is 0. The molecule has 2 amide bonds. The molecule has 2 aromatic rings. The Morgan fingerprint density at radius 1 is 1.19 bits per heavy atom. The highest BCUT2D eigenvalue weighted by atomic mass is 16.6. The molecular weight excluding hydrogens is 472 g/mol. The van der Waals surface area contributed by atoms with E-state index in [0.29, 0.717) is 24.9 Å². The van der Waals surface area contributed by atoms with Gasteiger partial charge in [-0.15, -0.1) is 6.58 Å². The number of amides is 2. The average Bonchev–Trinajstić information content (AvgIpc) is 3.56. The maximum Gasteiger partial charge on any atom is 0.312 e. The van der Waals surface area contributed by atoms with Gasteiger partial charge in [0.15, 0.2) is 0 Å².